The molecule has 1 aliphatic heterocycles. The van der Waals surface area contributed by atoms with Crippen LogP contribution in [0.5, 0.6) is 0 Å². The smallest absolute Gasteiger partial charge is 0.337 e. The lowest BCUT2D eigenvalue weighted by Crippen LogP contribution is -2.48. The van der Waals surface area contributed by atoms with E-state index in [1.807, 2.05) is 31.2 Å². The normalized spacial score (nSPS) is 23.3. The van der Waals surface area contributed by atoms with Gasteiger partial charge in [-0.25, -0.2) is 4.79 Å². The number of methoxy groups -OCH3 is 1. The highest BCUT2D eigenvalue weighted by Gasteiger charge is 2.35. The fourth-order valence-corrected chi connectivity index (χ4v) is 2.10. The zero-order valence-corrected chi connectivity index (χ0v) is 11.1. The van der Waals surface area contributed by atoms with Crippen molar-refractivity contribution < 1.29 is 14.3 Å². The van der Waals surface area contributed by atoms with Crippen LogP contribution in [0.15, 0.2) is 24.3 Å². The number of esters is 1. The van der Waals surface area contributed by atoms with Crippen molar-refractivity contribution in [1.29, 1.82) is 0 Å². The molecule has 1 N–H and O–H groups in total. The van der Waals surface area contributed by atoms with Gasteiger partial charge in [0.15, 0.2) is 6.10 Å². The van der Waals surface area contributed by atoms with E-state index in [1.54, 1.807) is 0 Å². The monoisotopic (exact) mass is 265 g/mol. The van der Waals surface area contributed by atoms with E-state index in [0.29, 0.717) is 4.99 Å². The van der Waals surface area contributed by atoms with Gasteiger partial charge in [-0.3, -0.25) is 0 Å². The third kappa shape index (κ3) is 2.68. The third-order valence-electron chi connectivity index (χ3n) is 2.88. The number of nitrogens with one attached hydrogen (secondary N) is 1. The number of carbonyl (C=O) groups excluding carboxylic acids is 1. The minimum Gasteiger partial charge on any atom is -0.467 e. The van der Waals surface area contributed by atoms with E-state index < -0.39 is 12.1 Å². The molecule has 5 heteroatoms. The lowest BCUT2D eigenvalue weighted by molar-refractivity contribution is -0.156. The molecular formula is C13H15NO3S. The van der Waals surface area contributed by atoms with Crippen molar-refractivity contribution in [2.24, 2.45) is 0 Å². The van der Waals surface area contributed by atoms with Crippen LogP contribution in [0.2, 0.25) is 0 Å². The van der Waals surface area contributed by atoms with Gasteiger partial charge >= 0.3 is 5.97 Å². The van der Waals surface area contributed by atoms with E-state index in [1.165, 1.54) is 7.11 Å². The van der Waals surface area contributed by atoms with Gasteiger partial charge in [-0.2, -0.15) is 0 Å². The summed E-state index contributed by atoms with van der Waals surface area (Å²) in [7, 11) is 1.35. The quantitative estimate of drug-likeness (QED) is 0.649. The molecule has 4 nitrogen and oxygen atoms in total. The summed E-state index contributed by atoms with van der Waals surface area (Å²) in [6.45, 7) is 2.26. The van der Waals surface area contributed by atoms with Gasteiger partial charge in [-0.05, 0) is 12.5 Å². The summed E-state index contributed by atoms with van der Waals surface area (Å²) in [5.41, 5.74) is 2.12. The largest absolute Gasteiger partial charge is 0.467 e. The molecule has 2 rings (SSSR count). The number of hydrogen-bond acceptors (Lipinski definition) is 4. The van der Waals surface area contributed by atoms with Gasteiger partial charge in [0.05, 0.1) is 19.8 Å². The molecule has 0 radical (unpaired) electrons. The fraction of sp³-hybridized carbons (Fsp3) is 0.385. The maximum absolute atomic E-state index is 11.7. The van der Waals surface area contributed by atoms with E-state index in [9.17, 15) is 4.79 Å². The first kappa shape index (κ1) is 13.0. The van der Waals surface area contributed by atoms with Crippen molar-refractivity contribution in [2.75, 3.05) is 13.7 Å². The van der Waals surface area contributed by atoms with Crippen LogP contribution in [0.3, 0.4) is 0 Å². The highest BCUT2D eigenvalue weighted by molar-refractivity contribution is 7.80. The second kappa shape index (κ2) is 5.46. The summed E-state index contributed by atoms with van der Waals surface area (Å²) >= 11 is 5.10. The summed E-state index contributed by atoms with van der Waals surface area (Å²) < 4.78 is 10.2. The first-order valence-corrected chi connectivity index (χ1v) is 6.08. The Morgan fingerprint density at radius 3 is 2.72 bits per heavy atom. The van der Waals surface area contributed by atoms with Crippen LogP contribution in [-0.4, -0.2) is 30.8 Å². The molecule has 1 aliphatic rings. The molecule has 1 aromatic rings. The van der Waals surface area contributed by atoms with E-state index in [4.69, 9.17) is 21.7 Å². The SMILES string of the molecule is COC(=O)[C@H]1OCC(=S)N[C@@H]1c1ccc(C)cc1. The number of morpholine rings is 1. The van der Waals surface area contributed by atoms with Crippen molar-refractivity contribution in [3.05, 3.63) is 35.4 Å². The van der Waals surface area contributed by atoms with E-state index in [-0.39, 0.29) is 12.6 Å². The number of carbonyl (C=O) groups is 1. The molecule has 1 heterocycles. The van der Waals surface area contributed by atoms with Crippen molar-refractivity contribution in [2.45, 2.75) is 19.1 Å². The Morgan fingerprint density at radius 2 is 2.11 bits per heavy atom. The molecule has 0 aromatic heterocycles. The zero-order valence-electron chi connectivity index (χ0n) is 10.3. The summed E-state index contributed by atoms with van der Waals surface area (Å²) in [5, 5.41) is 3.12. The number of thiocarbonyl (C=S) groups is 1. The van der Waals surface area contributed by atoms with Crippen LogP contribution in [0.25, 0.3) is 0 Å². The van der Waals surface area contributed by atoms with Gasteiger partial charge in [0, 0.05) is 0 Å². The first-order valence-electron chi connectivity index (χ1n) is 5.67. The second-order valence-corrected chi connectivity index (χ2v) is 4.70. The molecule has 18 heavy (non-hydrogen) atoms. The molecule has 1 fully saturated rings. The average Bonchev–Trinajstić information content (AvgIpc) is 2.38. The molecule has 0 amide bonds. The molecule has 1 aromatic carbocycles. The molecule has 1 saturated heterocycles. The summed E-state index contributed by atoms with van der Waals surface area (Å²) in [5.74, 6) is -0.393. The molecule has 2 atom stereocenters. The van der Waals surface area contributed by atoms with Gasteiger partial charge in [0.2, 0.25) is 0 Å². The summed E-state index contributed by atoms with van der Waals surface area (Å²) in [6, 6.07) is 7.60. The molecule has 0 aliphatic carbocycles. The molecule has 96 valence electrons. The van der Waals surface area contributed by atoms with Crippen LogP contribution < -0.4 is 5.32 Å². The summed E-state index contributed by atoms with van der Waals surface area (Å²) in [4.78, 5) is 12.3. The van der Waals surface area contributed by atoms with E-state index in [0.717, 1.165) is 11.1 Å². The predicted molar refractivity (Wildman–Crippen MR) is 71.4 cm³/mol. The van der Waals surface area contributed by atoms with E-state index >= 15 is 0 Å². The second-order valence-electron chi connectivity index (χ2n) is 4.21. The Kier molecular flexibility index (Phi) is 3.93. The number of benzene rings is 1. The Bertz CT molecular complexity index is 458. The highest BCUT2D eigenvalue weighted by atomic mass is 32.1. The summed E-state index contributed by atoms with van der Waals surface area (Å²) in [6.07, 6.45) is -0.663. The van der Waals surface area contributed by atoms with Gasteiger partial charge in [0.1, 0.15) is 4.99 Å². The lowest BCUT2D eigenvalue weighted by atomic mass is 9.99. The Hall–Kier alpha value is -1.46. The standard InChI is InChI=1S/C13H15NO3S/c1-8-3-5-9(6-4-8)11-12(13(15)16-2)17-7-10(18)14-11/h3-6,11-12H,7H2,1-2H3,(H,14,18)/t11-,12+/m1/s1. The molecule has 0 bridgehead atoms. The average molecular weight is 265 g/mol. The van der Waals surface area contributed by atoms with Gasteiger partial charge in [-0.15, -0.1) is 0 Å². The van der Waals surface area contributed by atoms with Gasteiger partial charge < -0.3 is 14.8 Å². The van der Waals surface area contributed by atoms with Crippen LogP contribution in [-0.2, 0) is 14.3 Å². The zero-order chi connectivity index (χ0) is 13.1. The van der Waals surface area contributed by atoms with Crippen LogP contribution >= 0.6 is 12.2 Å². The van der Waals surface area contributed by atoms with Gasteiger partial charge in [-0.1, -0.05) is 42.0 Å². The third-order valence-corrected chi connectivity index (χ3v) is 3.12. The number of rotatable bonds is 2. The van der Waals surface area contributed by atoms with Crippen molar-refractivity contribution >= 4 is 23.2 Å². The number of hydrogen-bond donors (Lipinski definition) is 1. The van der Waals surface area contributed by atoms with Crippen LogP contribution in [0.4, 0.5) is 0 Å². The predicted octanol–water partition coefficient (Wildman–Crippen LogP) is 1.52. The van der Waals surface area contributed by atoms with Crippen molar-refractivity contribution in [1.82, 2.24) is 5.32 Å². The molecule has 0 spiro atoms. The maximum atomic E-state index is 11.7. The minimum absolute atomic E-state index is 0.247. The van der Waals surface area contributed by atoms with Crippen LogP contribution in [0, 0.1) is 6.92 Å². The molecule has 0 saturated carbocycles. The maximum Gasteiger partial charge on any atom is 0.337 e. The fourth-order valence-electron chi connectivity index (χ4n) is 1.90. The first-order chi connectivity index (χ1) is 8.61. The Morgan fingerprint density at radius 1 is 1.44 bits per heavy atom. The van der Waals surface area contributed by atoms with Gasteiger partial charge in [0.25, 0.3) is 0 Å². The van der Waals surface area contributed by atoms with Crippen molar-refractivity contribution in [3.8, 4) is 0 Å². The minimum atomic E-state index is -0.663. The highest BCUT2D eigenvalue weighted by Crippen LogP contribution is 2.24. The van der Waals surface area contributed by atoms with Crippen LogP contribution in [0.1, 0.15) is 17.2 Å². The number of ether oxygens (including phenoxy) is 2. The van der Waals surface area contributed by atoms with Crippen molar-refractivity contribution in [3.63, 3.8) is 0 Å². The Balaban J connectivity index is 2.27. The number of aryl methyl sites for hydroxylation is 1. The molecule has 0 unspecified atom stereocenters. The topological polar surface area (TPSA) is 47.6 Å². The lowest BCUT2D eigenvalue weighted by Gasteiger charge is -2.32. The Labute approximate surface area is 111 Å². The van der Waals surface area contributed by atoms with E-state index in [2.05, 4.69) is 5.32 Å². The molecular weight excluding hydrogens is 250 g/mol.